The Hall–Kier alpha value is -1.26. The summed E-state index contributed by atoms with van der Waals surface area (Å²) < 4.78 is 0. The summed E-state index contributed by atoms with van der Waals surface area (Å²) in [6.45, 7) is 5.72. The highest BCUT2D eigenvalue weighted by atomic mass is 16.4. The number of unbranched alkanes of at least 4 members (excludes halogenated alkanes) is 1. The molecule has 3 N–H and O–H groups in total. The molecular weight excluding hydrogens is 208 g/mol. The van der Waals surface area contributed by atoms with Crippen molar-refractivity contribution in [2.45, 2.75) is 58.5 Å². The largest absolute Gasteiger partial charge is 0.480 e. The van der Waals surface area contributed by atoms with E-state index >= 15 is 0 Å². The molecule has 5 nitrogen and oxygen atoms in total. The van der Waals surface area contributed by atoms with Crippen molar-refractivity contribution < 1.29 is 14.7 Å². The molecule has 0 spiro atoms. The average molecular weight is 230 g/mol. The number of amides is 2. The molecule has 2 amide bonds. The van der Waals surface area contributed by atoms with E-state index in [1.54, 1.807) is 6.92 Å². The van der Waals surface area contributed by atoms with Crippen molar-refractivity contribution in [1.82, 2.24) is 10.6 Å². The molecule has 1 unspecified atom stereocenters. The minimum Gasteiger partial charge on any atom is -0.480 e. The van der Waals surface area contributed by atoms with Gasteiger partial charge in [-0.3, -0.25) is 0 Å². The van der Waals surface area contributed by atoms with Gasteiger partial charge in [0.05, 0.1) is 0 Å². The first-order chi connectivity index (χ1) is 7.51. The fraction of sp³-hybridized carbons (Fsp3) is 0.818. The van der Waals surface area contributed by atoms with Gasteiger partial charge in [-0.1, -0.05) is 26.7 Å². The lowest BCUT2D eigenvalue weighted by Gasteiger charge is -2.17. The van der Waals surface area contributed by atoms with Crippen molar-refractivity contribution in [3.05, 3.63) is 0 Å². The topological polar surface area (TPSA) is 78.4 Å². The summed E-state index contributed by atoms with van der Waals surface area (Å²) in [6, 6.07) is -1.14. The number of carboxylic acid groups (broad SMARTS) is 1. The van der Waals surface area contributed by atoms with Crippen LogP contribution in [0.25, 0.3) is 0 Å². The van der Waals surface area contributed by atoms with Gasteiger partial charge < -0.3 is 15.7 Å². The molecule has 0 radical (unpaired) electrons. The molecule has 2 atom stereocenters. The third kappa shape index (κ3) is 6.27. The molecule has 94 valence electrons. The van der Waals surface area contributed by atoms with Gasteiger partial charge in [-0.15, -0.1) is 0 Å². The van der Waals surface area contributed by atoms with E-state index in [-0.39, 0.29) is 6.04 Å². The summed E-state index contributed by atoms with van der Waals surface area (Å²) in [5.74, 6) is -1.00. The molecule has 0 heterocycles. The quantitative estimate of drug-likeness (QED) is 0.623. The molecule has 5 heteroatoms. The molecule has 0 aliphatic heterocycles. The lowest BCUT2D eigenvalue weighted by atomic mass is 10.1. The Labute approximate surface area is 96.6 Å². The maximum Gasteiger partial charge on any atom is 0.326 e. The van der Waals surface area contributed by atoms with Crippen LogP contribution in [0.2, 0.25) is 0 Å². The summed E-state index contributed by atoms with van der Waals surface area (Å²) in [6.07, 6.45) is 3.43. The third-order valence-electron chi connectivity index (χ3n) is 2.38. The monoisotopic (exact) mass is 230 g/mol. The lowest BCUT2D eigenvalue weighted by Crippen LogP contribution is -2.48. The molecule has 0 aliphatic rings. The lowest BCUT2D eigenvalue weighted by molar-refractivity contribution is -0.139. The van der Waals surface area contributed by atoms with Crippen LogP contribution in [0.4, 0.5) is 4.79 Å². The maximum absolute atomic E-state index is 11.4. The fourth-order valence-electron chi connectivity index (χ4n) is 1.34. The van der Waals surface area contributed by atoms with Crippen molar-refractivity contribution in [3.8, 4) is 0 Å². The summed E-state index contributed by atoms with van der Waals surface area (Å²) in [4.78, 5) is 22.1. The van der Waals surface area contributed by atoms with Crippen molar-refractivity contribution >= 4 is 12.0 Å². The van der Waals surface area contributed by atoms with Gasteiger partial charge in [-0.25, -0.2) is 9.59 Å². The van der Waals surface area contributed by atoms with E-state index in [9.17, 15) is 9.59 Å². The number of hydrogen-bond donors (Lipinski definition) is 3. The molecule has 0 aromatic rings. The van der Waals surface area contributed by atoms with E-state index in [4.69, 9.17) is 5.11 Å². The van der Waals surface area contributed by atoms with Crippen LogP contribution in [-0.2, 0) is 4.79 Å². The Bertz CT molecular complexity index is 231. The summed E-state index contributed by atoms with van der Waals surface area (Å²) >= 11 is 0. The highest BCUT2D eigenvalue weighted by Crippen LogP contribution is 1.99. The number of carboxylic acids is 1. The molecule has 0 bridgehead atoms. The Kier molecular flexibility index (Phi) is 7.33. The highest BCUT2D eigenvalue weighted by Gasteiger charge is 2.17. The SMILES string of the molecule is CCCCC(C)NC(=O)N[C@H](CC)C(=O)O. The number of nitrogens with one attached hydrogen (secondary N) is 2. The second-order valence-electron chi connectivity index (χ2n) is 3.96. The molecule has 0 aliphatic carbocycles. The van der Waals surface area contributed by atoms with E-state index in [1.165, 1.54) is 0 Å². The molecule has 0 aromatic carbocycles. The maximum atomic E-state index is 11.4. The second-order valence-corrected chi connectivity index (χ2v) is 3.96. The summed E-state index contributed by atoms with van der Waals surface area (Å²) in [5, 5.41) is 13.9. The minimum atomic E-state index is -1.00. The van der Waals surface area contributed by atoms with E-state index in [2.05, 4.69) is 17.6 Å². The molecule has 0 saturated carbocycles. The molecule has 0 fully saturated rings. The van der Waals surface area contributed by atoms with Crippen LogP contribution >= 0.6 is 0 Å². The molecule has 0 aromatic heterocycles. The zero-order valence-corrected chi connectivity index (χ0v) is 10.2. The van der Waals surface area contributed by atoms with Gasteiger partial charge in [0.15, 0.2) is 0 Å². The van der Waals surface area contributed by atoms with Crippen LogP contribution < -0.4 is 10.6 Å². The number of hydrogen-bond acceptors (Lipinski definition) is 2. The Morgan fingerprint density at radius 2 is 1.88 bits per heavy atom. The highest BCUT2D eigenvalue weighted by molar-refractivity contribution is 5.82. The zero-order valence-electron chi connectivity index (χ0n) is 10.2. The predicted molar refractivity (Wildman–Crippen MR) is 62.4 cm³/mol. The van der Waals surface area contributed by atoms with Crippen molar-refractivity contribution in [3.63, 3.8) is 0 Å². The molecule has 16 heavy (non-hydrogen) atoms. The smallest absolute Gasteiger partial charge is 0.326 e. The van der Waals surface area contributed by atoms with Gasteiger partial charge >= 0.3 is 12.0 Å². The van der Waals surface area contributed by atoms with E-state index in [0.717, 1.165) is 19.3 Å². The van der Waals surface area contributed by atoms with Crippen LogP contribution in [0.5, 0.6) is 0 Å². The number of urea groups is 1. The number of aliphatic carboxylic acids is 1. The van der Waals surface area contributed by atoms with Crippen LogP contribution in [0.15, 0.2) is 0 Å². The van der Waals surface area contributed by atoms with Gasteiger partial charge in [-0.05, 0) is 19.8 Å². The Morgan fingerprint density at radius 3 is 2.31 bits per heavy atom. The number of carbonyl (C=O) groups is 2. The van der Waals surface area contributed by atoms with Gasteiger partial charge in [0.2, 0.25) is 0 Å². The van der Waals surface area contributed by atoms with Crippen molar-refractivity contribution in [2.75, 3.05) is 0 Å². The van der Waals surface area contributed by atoms with Crippen molar-refractivity contribution in [2.24, 2.45) is 0 Å². The van der Waals surface area contributed by atoms with Crippen LogP contribution in [0.3, 0.4) is 0 Å². The van der Waals surface area contributed by atoms with Gasteiger partial charge in [0.1, 0.15) is 6.04 Å². The molecule has 0 saturated heterocycles. The van der Waals surface area contributed by atoms with Crippen LogP contribution in [-0.4, -0.2) is 29.2 Å². The van der Waals surface area contributed by atoms with Crippen molar-refractivity contribution in [1.29, 1.82) is 0 Å². The normalized spacial score (nSPS) is 13.9. The zero-order chi connectivity index (χ0) is 12.6. The average Bonchev–Trinajstić information content (AvgIpc) is 2.22. The van der Waals surface area contributed by atoms with E-state index < -0.39 is 18.0 Å². The van der Waals surface area contributed by atoms with E-state index in [1.807, 2.05) is 6.92 Å². The Morgan fingerprint density at radius 1 is 1.25 bits per heavy atom. The number of rotatable bonds is 7. The standard InChI is InChI=1S/C11H22N2O3/c1-4-6-7-8(3)12-11(16)13-9(5-2)10(14)15/h8-9H,4-7H2,1-3H3,(H,14,15)(H2,12,13,16)/t8?,9-/m1/s1. The Balaban J connectivity index is 3.92. The van der Waals surface area contributed by atoms with Gasteiger partial charge in [0, 0.05) is 6.04 Å². The summed E-state index contributed by atoms with van der Waals surface area (Å²) in [5.41, 5.74) is 0. The first kappa shape index (κ1) is 14.7. The first-order valence-corrected chi connectivity index (χ1v) is 5.81. The minimum absolute atomic E-state index is 0.0752. The van der Waals surface area contributed by atoms with Crippen LogP contribution in [0, 0.1) is 0 Å². The van der Waals surface area contributed by atoms with Crippen LogP contribution in [0.1, 0.15) is 46.5 Å². The van der Waals surface area contributed by atoms with E-state index in [0.29, 0.717) is 6.42 Å². The molecular formula is C11H22N2O3. The summed E-state index contributed by atoms with van der Waals surface area (Å²) in [7, 11) is 0. The second kappa shape index (κ2) is 7.96. The first-order valence-electron chi connectivity index (χ1n) is 5.81. The van der Waals surface area contributed by atoms with Gasteiger partial charge in [0.25, 0.3) is 0 Å². The fourth-order valence-corrected chi connectivity index (χ4v) is 1.34. The predicted octanol–water partition coefficient (Wildman–Crippen LogP) is 1.73. The van der Waals surface area contributed by atoms with Gasteiger partial charge in [-0.2, -0.15) is 0 Å². The number of carbonyl (C=O) groups excluding carboxylic acids is 1. The third-order valence-corrected chi connectivity index (χ3v) is 2.38. The molecule has 0 rings (SSSR count).